The van der Waals surface area contributed by atoms with Crippen LogP contribution in [0, 0.1) is 0 Å². The summed E-state index contributed by atoms with van der Waals surface area (Å²) in [4.78, 5) is 0.139. The number of rotatable bonds is 3. The molecule has 0 aromatic heterocycles. The van der Waals surface area contributed by atoms with Crippen LogP contribution < -0.4 is 0 Å². The van der Waals surface area contributed by atoms with Crippen molar-refractivity contribution >= 4 is 9.84 Å². The molecule has 0 spiro atoms. The molecule has 15 heavy (non-hydrogen) atoms. The molecule has 0 aliphatic rings. The molecule has 0 bridgehead atoms. The van der Waals surface area contributed by atoms with Crippen molar-refractivity contribution in [2.45, 2.75) is 17.5 Å². The SMILES string of the molecule is CC(F)(CO)c1ccc(S(C)(=O)=O)cc1. The third kappa shape index (κ3) is 2.76. The number of aliphatic hydroxyl groups excluding tert-OH is 1. The van der Waals surface area contributed by atoms with Crippen molar-refractivity contribution in [2.24, 2.45) is 0 Å². The highest BCUT2D eigenvalue weighted by molar-refractivity contribution is 7.90. The van der Waals surface area contributed by atoms with Gasteiger partial charge in [-0.25, -0.2) is 12.8 Å². The third-order valence-corrected chi connectivity index (χ3v) is 3.31. The van der Waals surface area contributed by atoms with Gasteiger partial charge in [0, 0.05) is 6.26 Å². The number of hydrogen-bond acceptors (Lipinski definition) is 3. The van der Waals surface area contributed by atoms with Crippen molar-refractivity contribution in [3.63, 3.8) is 0 Å². The predicted molar refractivity (Wildman–Crippen MR) is 55.1 cm³/mol. The molecule has 0 amide bonds. The largest absolute Gasteiger partial charge is 0.393 e. The van der Waals surface area contributed by atoms with Crippen LogP contribution >= 0.6 is 0 Å². The van der Waals surface area contributed by atoms with E-state index in [1.54, 1.807) is 0 Å². The molecular weight excluding hydrogens is 219 g/mol. The molecule has 84 valence electrons. The van der Waals surface area contributed by atoms with Gasteiger partial charge in [0.15, 0.2) is 15.5 Å². The molecule has 1 rings (SSSR count). The van der Waals surface area contributed by atoms with Crippen molar-refractivity contribution in [2.75, 3.05) is 12.9 Å². The molecule has 1 aromatic rings. The van der Waals surface area contributed by atoms with E-state index in [0.29, 0.717) is 0 Å². The van der Waals surface area contributed by atoms with Gasteiger partial charge in [-0.2, -0.15) is 0 Å². The highest BCUT2D eigenvalue weighted by Gasteiger charge is 2.24. The first-order chi connectivity index (χ1) is 6.77. The van der Waals surface area contributed by atoms with Crippen LogP contribution in [0.15, 0.2) is 29.2 Å². The van der Waals surface area contributed by atoms with E-state index < -0.39 is 22.1 Å². The average Bonchev–Trinajstić information content (AvgIpc) is 2.17. The maximum Gasteiger partial charge on any atom is 0.175 e. The topological polar surface area (TPSA) is 54.4 Å². The second-order valence-corrected chi connectivity index (χ2v) is 5.67. The minimum absolute atomic E-state index is 0.139. The van der Waals surface area contributed by atoms with Crippen LogP contribution in [0.5, 0.6) is 0 Å². The van der Waals surface area contributed by atoms with E-state index in [9.17, 15) is 12.8 Å². The lowest BCUT2D eigenvalue weighted by Gasteiger charge is -2.17. The molecule has 0 aliphatic carbocycles. The zero-order valence-electron chi connectivity index (χ0n) is 8.57. The van der Waals surface area contributed by atoms with E-state index in [1.165, 1.54) is 31.2 Å². The first-order valence-corrected chi connectivity index (χ1v) is 6.27. The van der Waals surface area contributed by atoms with Crippen molar-refractivity contribution in [3.05, 3.63) is 29.8 Å². The number of alkyl halides is 1. The van der Waals surface area contributed by atoms with Crippen molar-refractivity contribution in [1.29, 1.82) is 0 Å². The molecule has 3 nitrogen and oxygen atoms in total. The van der Waals surface area contributed by atoms with E-state index in [-0.39, 0.29) is 10.5 Å². The monoisotopic (exact) mass is 232 g/mol. The lowest BCUT2D eigenvalue weighted by Crippen LogP contribution is -2.20. The Bertz CT molecular complexity index is 434. The Morgan fingerprint density at radius 3 is 2.13 bits per heavy atom. The normalized spacial score (nSPS) is 16.0. The lowest BCUT2D eigenvalue weighted by molar-refractivity contribution is 0.0867. The Labute approximate surface area is 88.5 Å². The quantitative estimate of drug-likeness (QED) is 0.853. The number of sulfone groups is 1. The Balaban J connectivity index is 3.12. The molecule has 0 radical (unpaired) electrons. The molecule has 0 heterocycles. The number of hydrogen-bond donors (Lipinski definition) is 1. The van der Waals surface area contributed by atoms with Crippen LogP contribution in [-0.4, -0.2) is 26.4 Å². The minimum atomic E-state index is -3.26. The standard InChI is InChI=1S/C10H13FO3S/c1-10(11,7-12)8-3-5-9(6-4-8)15(2,13)14/h3-6,12H,7H2,1-2H3. The Morgan fingerprint density at radius 2 is 1.80 bits per heavy atom. The molecule has 0 aliphatic heterocycles. The highest BCUT2D eigenvalue weighted by atomic mass is 32.2. The molecule has 1 unspecified atom stereocenters. The zero-order chi connectivity index (χ0) is 11.7. The maximum atomic E-state index is 13.6. The summed E-state index contributed by atoms with van der Waals surface area (Å²) in [6, 6.07) is 5.40. The summed E-state index contributed by atoms with van der Waals surface area (Å²) in [6.07, 6.45) is 1.09. The van der Waals surface area contributed by atoms with Crippen molar-refractivity contribution in [1.82, 2.24) is 0 Å². The van der Waals surface area contributed by atoms with Crippen LogP contribution in [0.3, 0.4) is 0 Å². The third-order valence-electron chi connectivity index (χ3n) is 2.18. The first-order valence-electron chi connectivity index (χ1n) is 4.38. The summed E-state index contributed by atoms with van der Waals surface area (Å²) < 4.78 is 35.8. The maximum absolute atomic E-state index is 13.6. The van der Waals surface area contributed by atoms with Gasteiger partial charge in [0.05, 0.1) is 11.5 Å². The van der Waals surface area contributed by atoms with Gasteiger partial charge in [0.2, 0.25) is 0 Å². The average molecular weight is 232 g/mol. The van der Waals surface area contributed by atoms with Crippen LogP contribution in [0.2, 0.25) is 0 Å². The van der Waals surface area contributed by atoms with Crippen molar-refractivity contribution in [3.8, 4) is 0 Å². The highest BCUT2D eigenvalue weighted by Crippen LogP contribution is 2.25. The van der Waals surface area contributed by atoms with Gasteiger partial charge in [0.25, 0.3) is 0 Å². The van der Waals surface area contributed by atoms with Crippen molar-refractivity contribution < 1.29 is 17.9 Å². The smallest absolute Gasteiger partial charge is 0.175 e. The second kappa shape index (κ2) is 3.90. The van der Waals surface area contributed by atoms with Gasteiger partial charge >= 0.3 is 0 Å². The van der Waals surface area contributed by atoms with E-state index in [0.717, 1.165) is 6.26 Å². The van der Waals surface area contributed by atoms with Gasteiger partial charge in [-0.1, -0.05) is 12.1 Å². The van der Waals surface area contributed by atoms with Gasteiger partial charge < -0.3 is 5.11 Å². The van der Waals surface area contributed by atoms with Crippen LogP contribution in [0.25, 0.3) is 0 Å². The fourth-order valence-electron chi connectivity index (χ4n) is 1.14. The molecule has 0 saturated carbocycles. The summed E-state index contributed by atoms with van der Waals surface area (Å²) in [5, 5.41) is 8.78. The molecule has 0 fully saturated rings. The zero-order valence-corrected chi connectivity index (χ0v) is 9.38. The first kappa shape index (κ1) is 12.1. The minimum Gasteiger partial charge on any atom is -0.393 e. The summed E-state index contributed by atoms with van der Waals surface area (Å²) >= 11 is 0. The number of aliphatic hydroxyl groups is 1. The van der Waals surface area contributed by atoms with E-state index in [4.69, 9.17) is 5.11 Å². The fourth-order valence-corrected chi connectivity index (χ4v) is 1.77. The van der Waals surface area contributed by atoms with Crippen LogP contribution in [-0.2, 0) is 15.5 Å². The molecule has 0 saturated heterocycles. The summed E-state index contributed by atoms with van der Waals surface area (Å²) in [5.74, 6) is 0. The lowest BCUT2D eigenvalue weighted by atomic mass is 9.99. The Morgan fingerprint density at radius 1 is 1.33 bits per heavy atom. The summed E-state index contributed by atoms with van der Waals surface area (Å²) in [6.45, 7) is 0.605. The summed E-state index contributed by atoms with van der Waals surface area (Å²) in [5.41, 5.74) is -1.58. The van der Waals surface area contributed by atoms with Gasteiger partial charge in [-0.15, -0.1) is 0 Å². The summed E-state index contributed by atoms with van der Waals surface area (Å²) in [7, 11) is -3.26. The van der Waals surface area contributed by atoms with E-state index in [1.807, 2.05) is 0 Å². The predicted octanol–water partition coefficient (Wildman–Crippen LogP) is 1.27. The van der Waals surface area contributed by atoms with Gasteiger partial charge in [-0.05, 0) is 24.6 Å². The van der Waals surface area contributed by atoms with E-state index >= 15 is 0 Å². The number of benzene rings is 1. The molecule has 5 heteroatoms. The number of halogens is 1. The van der Waals surface area contributed by atoms with Crippen LogP contribution in [0.4, 0.5) is 4.39 Å². The Kier molecular flexibility index (Phi) is 3.16. The van der Waals surface area contributed by atoms with E-state index in [2.05, 4.69) is 0 Å². The molecule has 1 N–H and O–H groups in total. The molecule has 1 aromatic carbocycles. The van der Waals surface area contributed by atoms with Gasteiger partial charge in [-0.3, -0.25) is 0 Å². The van der Waals surface area contributed by atoms with Gasteiger partial charge in [0.1, 0.15) is 0 Å². The molecule has 1 atom stereocenters. The fraction of sp³-hybridized carbons (Fsp3) is 0.400. The Hall–Kier alpha value is -0.940. The van der Waals surface area contributed by atoms with Crippen LogP contribution in [0.1, 0.15) is 12.5 Å². The second-order valence-electron chi connectivity index (χ2n) is 3.65. The molecular formula is C10H13FO3S.